The van der Waals surface area contributed by atoms with Gasteiger partial charge >= 0.3 is 39.5 Å². The Hall–Kier alpha value is -2.20. The summed E-state index contributed by atoms with van der Waals surface area (Å²) in [6, 6.07) is 0. The minimum atomic E-state index is -4.96. The van der Waals surface area contributed by atoms with E-state index in [2.05, 4.69) is 39.8 Å². The molecule has 17 nitrogen and oxygen atoms in total. The van der Waals surface area contributed by atoms with Crippen LogP contribution in [0.1, 0.15) is 426 Å². The van der Waals surface area contributed by atoms with E-state index in [0.29, 0.717) is 25.7 Å². The first-order chi connectivity index (χ1) is 48.7. The van der Waals surface area contributed by atoms with E-state index in [1.54, 1.807) is 0 Å². The molecule has 0 rings (SSSR count). The van der Waals surface area contributed by atoms with Crippen molar-refractivity contribution < 1.29 is 80.2 Å². The van der Waals surface area contributed by atoms with E-state index < -0.39 is 97.5 Å². The zero-order chi connectivity index (χ0) is 73.2. The Bertz CT molecular complexity index is 1940. The molecule has 0 aliphatic carbocycles. The van der Waals surface area contributed by atoms with Crippen LogP contribution in [0.3, 0.4) is 0 Å². The minimum Gasteiger partial charge on any atom is -0.462 e. The summed E-state index contributed by atoms with van der Waals surface area (Å²) in [5.74, 6) is -2.12. The van der Waals surface area contributed by atoms with Gasteiger partial charge in [-0.2, -0.15) is 0 Å². The van der Waals surface area contributed by atoms with Gasteiger partial charge < -0.3 is 33.8 Å². The molecule has 0 aromatic rings. The third-order valence-electron chi connectivity index (χ3n) is 18.8. The molecule has 0 aromatic heterocycles. The van der Waals surface area contributed by atoms with Crippen LogP contribution in [0, 0.1) is 0 Å². The fourth-order valence-corrected chi connectivity index (χ4v) is 13.9. The highest BCUT2D eigenvalue weighted by Crippen LogP contribution is 2.45. The van der Waals surface area contributed by atoms with Crippen LogP contribution in [0.25, 0.3) is 0 Å². The molecule has 0 bridgehead atoms. The Morgan fingerprint density at radius 2 is 0.460 bits per heavy atom. The number of hydrogen-bond acceptors (Lipinski definition) is 15. The number of phosphoric acid groups is 2. The van der Waals surface area contributed by atoms with Gasteiger partial charge in [-0.25, -0.2) is 9.13 Å². The topological polar surface area (TPSA) is 237 Å². The van der Waals surface area contributed by atoms with Gasteiger partial charge in [-0.15, -0.1) is 0 Å². The lowest BCUT2D eigenvalue weighted by Gasteiger charge is -2.21. The third kappa shape index (κ3) is 74.1. The number of carbonyl (C=O) groups is 4. The van der Waals surface area contributed by atoms with Crippen molar-refractivity contribution in [1.82, 2.24) is 0 Å². The second kappa shape index (κ2) is 75.0. The molecule has 19 heteroatoms. The van der Waals surface area contributed by atoms with Crippen molar-refractivity contribution in [3.8, 4) is 0 Å². The molecular weight excluding hydrogens is 1310 g/mol. The summed E-state index contributed by atoms with van der Waals surface area (Å²) in [5, 5.41) is 10.6. The number of ether oxygens (including phenoxy) is 4. The molecule has 0 aliphatic heterocycles. The van der Waals surface area contributed by atoms with Crippen LogP contribution in [-0.2, 0) is 65.4 Å². The van der Waals surface area contributed by atoms with Crippen molar-refractivity contribution >= 4 is 39.5 Å². The van der Waals surface area contributed by atoms with Crippen molar-refractivity contribution in [2.45, 2.75) is 444 Å². The van der Waals surface area contributed by atoms with Crippen LogP contribution in [0.2, 0.25) is 0 Å². The van der Waals surface area contributed by atoms with Gasteiger partial charge in [0, 0.05) is 25.7 Å². The molecule has 0 radical (unpaired) electrons. The molecule has 0 spiro atoms. The molecule has 0 aliphatic rings. The summed E-state index contributed by atoms with van der Waals surface area (Å²) < 4.78 is 68.8. The molecule has 100 heavy (non-hydrogen) atoms. The Morgan fingerprint density at radius 3 is 0.690 bits per heavy atom. The predicted octanol–water partition coefficient (Wildman–Crippen LogP) is 24.3. The third-order valence-corrected chi connectivity index (χ3v) is 20.7. The van der Waals surface area contributed by atoms with Crippen molar-refractivity contribution in [1.29, 1.82) is 0 Å². The number of hydrogen-bond donors (Lipinski definition) is 3. The lowest BCUT2D eigenvalue weighted by molar-refractivity contribution is -0.161. The average molecular weight is 1460 g/mol. The average Bonchev–Trinajstić information content (AvgIpc) is 1.01. The van der Waals surface area contributed by atoms with Gasteiger partial charge in [0.15, 0.2) is 12.2 Å². The summed E-state index contributed by atoms with van der Waals surface area (Å²) in [4.78, 5) is 73.1. The molecule has 0 amide bonds. The van der Waals surface area contributed by atoms with Crippen LogP contribution in [0.5, 0.6) is 0 Å². The first-order valence-corrected chi connectivity index (χ1v) is 44.9. The zero-order valence-corrected chi connectivity index (χ0v) is 66.7. The van der Waals surface area contributed by atoms with Crippen molar-refractivity contribution in [3.05, 3.63) is 12.2 Å². The Balaban J connectivity index is 5.29. The molecule has 5 atom stereocenters. The molecule has 0 saturated carbocycles. The first-order valence-electron chi connectivity index (χ1n) is 41.9. The number of rotatable bonds is 81. The van der Waals surface area contributed by atoms with Crippen LogP contribution >= 0.6 is 15.6 Å². The summed E-state index contributed by atoms with van der Waals surface area (Å²) in [6.45, 7) is 5.01. The van der Waals surface area contributed by atoms with Crippen molar-refractivity contribution in [2.24, 2.45) is 0 Å². The predicted molar refractivity (Wildman–Crippen MR) is 409 cm³/mol. The monoisotopic (exact) mass is 1460 g/mol. The van der Waals surface area contributed by atoms with E-state index >= 15 is 0 Å². The number of aliphatic hydroxyl groups excluding tert-OH is 1. The van der Waals surface area contributed by atoms with Gasteiger partial charge in [0.25, 0.3) is 0 Å². The summed E-state index contributed by atoms with van der Waals surface area (Å²) in [6.07, 6.45) is 68.8. The fourth-order valence-electron chi connectivity index (χ4n) is 12.3. The van der Waals surface area contributed by atoms with Gasteiger partial charge in [-0.1, -0.05) is 361 Å². The second-order valence-corrected chi connectivity index (χ2v) is 31.7. The largest absolute Gasteiger partial charge is 0.472 e. The second-order valence-electron chi connectivity index (χ2n) is 28.8. The molecule has 3 N–H and O–H groups in total. The lowest BCUT2D eigenvalue weighted by Crippen LogP contribution is -2.30. The molecule has 0 aromatic carbocycles. The maximum atomic E-state index is 13.1. The Kier molecular flexibility index (Phi) is 73.4. The number of carbonyl (C=O) groups excluding carboxylic acids is 4. The van der Waals surface area contributed by atoms with E-state index in [9.17, 15) is 43.2 Å². The highest BCUT2D eigenvalue weighted by molar-refractivity contribution is 7.47. The number of unbranched alkanes of at least 4 members (excludes halogenated alkanes) is 53. The number of aliphatic hydroxyl groups is 1. The lowest BCUT2D eigenvalue weighted by atomic mass is 10.0. The van der Waals surface area contributed by atoms with E-state index in [-0.39, 0.29) is 25.7 Å². The van der Waals surface area contributed by atoms with E-state index in [4.69, 9.17) is 37.0 Å². The summed E-state index contributed by atoms with van der Waals surface area (Å²) >= 11 is 0. The van der Waals surface area contributed by atoms with E-state index in [1.807, 2.05) is 0 Å². The first kappa shape index (κ1) is 97.8. The normalized spacial score (nSPS) is 13.9. The Labute approximate surface area is 612 Å². The molecule has 0 saturated heterocycles. The van der Waals surface area contributed by atoms with Gasteiger partial charge in [-0.3, -0.25) is 37.3 Å². The van der Waals surface area contributed by atoms with E-state index in [0.717, 1.165) is 109 Å². The maximum absolute atomic E-state index is 13.1. The van der Waals surface area contributed by atoms with Gasteiger partial charge in [-0.05, 0) is 51.4 Å². The number of allylic oxidation sites excluding steroid dienone is 2. The highest BCUT2D eigenvalue weighted by Gasteiger charge is 2.30. The van der Waals surface area contributed by atoms with Crippen LogP contribution < -0.4 is 0 Å². The number of phosphoric ester groups is 2. The molecule has 0 heterocycles. The zero-order valence-electron chi connectivity index (χ0n) is 64.9. The van der Waals surface area contributed by atoms with Crippen molar-refractivity contribution in [2.75, 3.05) is 39.6 Å². The SMILES string of the molecule is CCCCCCCC/C=C\CCCCCCCC(=O)OCC(COP(=O)(O)OCC(O)COP(=O)(O)OCC(COC(=O)CCCCCCCCCCCCCCCCC)OC(=O)CCCCCCCCCCCCCCCCC)OC(=O)CCCCCCCCCCCCCCCCC. The summed E-state index contributed by atoms with van der Waals surface area (Å²) in [5.41, 5.74) is 0. The number of esters is 4. The quantitative estimate of drug-likeness (QED) is 0.0169. The Morgan fingerprint density at radius 1 is 0.270 bits per heavy atom. The van der Waals surface area contributed by atoms with Crippen LogP contribution in [0.15, 0.2) is 12.2 Å². The van der Waals surface area contributed by atoms with Crippen molar-refractivity contribution in [3.63, 3.8) is 0 Å². The smallest absolute Gasteiger partial charge is 0.462 e. The van der Waals surface area contributed by atoms with Gasteiger partial charge in [0.2, 0.25) is 0 Å². The minimum absolute atomic E-state index is 0.105. The maximum Gasteiger partial charge on any atom is 0.472 e. The van der Waals surface area contributed by atoms with Crippen LogP contribution in [0.4, 0.5) is 0 Å². The van der Waals surface area contributed by atoms with Crippen LogP contribution in [-0.4, -0.2) is 96.7 Å². The van der Waals surface area contributed by atoms with Gasteiger partial charge in [0.1, 0.15) is 19.3 Å². The summed E-state index contributed by atoms with van der Waals surface area (Å²) in [7, 11) is -9.93. The molecule has 5 unspecified atom stereocenters. The van der Waals surface area contributed by atoms with E-state index in [1.165, 1.54) is 238 Å². The molecular formula is C81H156O17P2. The highest BCUT2D eigenvalue weighted by atomic mass is 31.2. The standard InChI is InChI=1S/C81H156O17P2/c1-5-9-13-17-21-25-29-33-37-41-45-49-53-57-61-65-78(83)91-71-76(97-80(85)67-63-59-55-51-47-43-39-35-31-27-23-19-15-11-7-3)73-95-99(87,88)93-69-75(82)70-94-100(89,90)96-74-77(98-81(86)68-64-60-56-52-48-44-40-36-32-28-24-20-16-12-8-4)72-92-79(84)66-62-58-54-50-46-42-38-34-30-26-22-18-14-10-6-2/h33,37,75-77,82H,5-32,34-36,38-74H2,1-4H3,(H,87,88)(H,89,90)/b37-33-. The molecule has 592 valence electrons. The molecule has 0 fully saturated rings. The fraction of sp³-hybridized carbons (Fsp3) is 0.926. The van der Waals surface area contributed by atoms with Gasteiger partial charge in [0.05, 0.1) is 26.4 Å².